The van der Waals surface area contributed by atoms with Gasteiger partial charge in [-0.05, 0) is 9.91 Å². The largest absolute Gasteiger partial charge is 0.386 e. The highest BCUT2D eigenvalue weighted by molar-refractivity contribution is 5.75. The van der Waals surface area contributed by atoms with Gasteiger partial charge in [0, 0.05) is 32.5 Å². The number of nitro groups is 1. The van der Waals surface area contributed by atoms with E-state index in [0.717, 1.165) is 0 Å². The van der Waals surface area contributed by atoms with Gasteiger partial charge in [0.25, 0.3) is 0 Å². The van der Waals surface area contributed by atoms with Crippen LogP contribution in [0.5, 0.6) is 0 Å². The number of aromatic nitrogens is 2. The molecule has 0 aromatic carbocycles. The van der Waals surface area contributed by atoms with Crippen molar-refractivity contribution < 1.29 is 19.6 Å². The smallest absolute Gasteiger partial charge is 0.381 e. The second-order valence-electron chi connectivity index (χ2n) is 4.78. The lowest BCUT2D eigenvalue weighted by Crippen LogP contribution is -2.43. The fourth-order valence-corrected chi connectivity index (χ4v) is 1.88. The van der Waals surface area contributed by atoms with E-state index in [1.54, 1.807) is 0 Å². The lowest BCUT2D eigenvalue weighted by atomic mass is 10.0. The topological polar surface area (TPSA) is 120 Å². The van der Waals surface area contributed by atoms with Gasteiger partial charge in [0.05, 0.1) is 6.61 Å². The summed E-state index contributed by atoms with van der Waals surface area (Å²) in [5.74, 6) is -0.482. The van der Waals surface area contributed by atoms with E-state index < -0.39 is 10.5 Å². The maximum absolute atomic E-state index is 11.6. The molecule has 0 bridgehead atoms. The first-order chi connectivity index (χ1) is 9.48. The lowest BCUT2D eigenvalue weighted by Gasteiger charge is -2.20. The van der Waals surface area contributed by atoms with E-state index in [0.29, 0.717) is 19.6 Å². The number of imidazole rings is 1. The third kappa shape index (κ3) is 3.75. The van der Waals surface area contributed by atoms with Crippen LogP contribution in [-0.2, 0) is 16.1 Å². The average Bonchev–Trinajstić information content (AvgIpc) is 3.03. The van der Waals surface area contributed by atoms with E-state index in [-0.39, 0.29) is 31.3 Å². The molecular weight excluding hydrogens is 268 g/mol. The van der Waals surface area contributed by atoms with Gasteiger partial charge in [0.15, 0.2) is 0 Å². The van der Waals surface area contributed by atoms with Crippen molar-refractivity contribution in [3.05, 3.63) is 22.6 Å². The van der Waals surface area contributed by atoms with Crippen LogP contribution in [0, 0.1) is 10.1 Å². The second-order valence-corrected chi connectivity index (χ2v) is 4.78. The Kier molecular flexibility index (Phi) is 4.30. The summed E-state index contributed by atoms with van der Waals surface area (Å²) >= 11 is 0. The molecular formula is C11H16N4O5. The molecule has 1 saturated heterocycles. The van der Waals surface area contributed by atoms with Gasteiger partial charge in [0.1, 0.15) is 11.8 Å². The van der Waals surface area contributed by atoms with Gasteiger partial charge in [0.2, 0.25) is 12.2 Å². The van der Waals surface area contributed by atoms with Crippen molar-refractivity contribution in [2.75, 3.05) is 19.8 Å². The molecule has 110 valence electrons. The third-order valence-electron chi connectivity index (χ3n) is 3.10. The van der Waals surface area contributed by atoms with Crippen LogP contribution in [0.4, 0.5) is 5.82 Å². The molecule has 1 aliphatic rings. The van der Waals surface area contributed by atoms with Crippen molar-refractivity contribution in [3.63, 3.8) is 0 Å². The van der Waals surface area contributed by atoms with Gasteiger partial charge >= 0.3 is 5.82 Å². The first kappa shape index (κ1) is 14.4. The van der Waals surface area contributed by atoms with Gasteiger partial charge in [-0.15, -0.1) is 0 Å². The summed E-state index contributed by atoms with van der Waals surface area (Å²) in [4.78, 5) is 25.1. The summed E-state index contributed by atoms with van der Waals surface area (Å²) in [5, 5.41) is 23.0. The summed E-state index contributed by atoms with van der Waals surface area (Å²) in [6, 6.07) is 0. The van der Waals surface area contributed by atoms with Gasteiger partial charge in [-0.25, -0.2) is 0 Å². The number of aryl methyl sites for hydroxylation is 1. The first-order valence-electron chi connectivity index (χ1n) is 6.21. The Hall–Kier alpha value is -2.00. The molecule has 1 fully saturated rings. The van der Waals surface area contributed by atoms with Crippen LogP contribution in [0.3, 0.4) is 0 Å². The fraction of sp³-hybridized carbons (Fsp3) is 0.636. The predicted molar refractivity (Wildman–Crippen MR) is 66.9 cm³/mol. The SMILES string of the molecule is O=C(CCn1cnc([N+](=O)[O-])c1)NCC1(O)CCOC1. The Morgan fingerprint density at radius 1 is 1.70 bits per heavy atom. The Labute approximate surface area is 114 Å². The molecule has 1 unspecified atom stereocenters. The lowest BCUT2D eigenvalue weighted by molar-refractivity contribution is -0.389. The number of aliphatic hydroxyl groups is 1. The molecule has 0 spiro atoms. The number of nitrogens with one attached hydrogen (secondary N) is 1. The fourth-order valence-electron chi connectivity index (χ4n) is 1.88. The minimum Gasteiger partial charge on any atom is -0.386 e. The van der Waals surface area contributed by atoms with Crippen molar-refractivity contribution in [1.82, 2.24) is 14.9 Å². The van der Waals surface area contributed by atoms with Crippen molar-refractivity contribution in [3.8, 4) is 0 Å². The zero-order chi connectivity index (χ0) is 14.6. The highest BCUT2D eigenvalue weighted by Gasteiger charge is 2.32. The molecule has 2 rings (SSSR count). The molecule has 1 aliphatic heterocycles. The van der Waals surface area contributed by atoms with E-state index in [4.69, 9.17) is 4.74 Å². The Bertz CT molecular complexity index is 495. The third-order valence-corrected chi connectivity index (χ3v) is 3.10. The van der Waals surface area contributed by atoms with Gasteiger partial charge in [-0.1, -0.05) is 0 Å². The van der Waals surface area contributed by atoms with Crippen molar-refractivity contribution in [2.24, 2.45) is 0 Å². The molecule has 1 amide bonds. The zero-order valence-corrected chi connectivity index (χ0v) is 10.8. The summed E-state index contributed by atoms with van der Waals surface area (Å²) in [7, 11) is 0. The molecule has 1 atom stereocenters. The molecule has 20 heavy (non-hydrogen) atoms. The number of hydrogen-bond donors (Lipinski definition) is 2. The summed E-state index contributed by atoms with van der Waals surface area (Å²) < 4.78 is 6.55. The van der Waals surface area contributed by atoms with E-state index in [1.807, 2.05) is 0 Å². The average molecular weight is 284 g/mol. The van der Waals surface area contributed by atoms with E-state index >= 15 is 0 Å². The van der Waals surface area contributed by atoms with E-state index in [2.05, 4.69) is 10.3 Å². The van der Waals surface area contributed by atoms with Gasteiger partial charge in [-0.2, -0.15) is 0 Å². The highest BCUT2D eigenvalue weighted by atomic mass is 16.6. The number of nitrogens with zero attached hydrogens (tertiary/aromatic N) is 3. The minimum atomic E-state index is -0.983. The van der Waals surface area contributed by atoms with Crippen LogP contribution in [0.25, 0.3) is 0 Å². The van der Waals surface area contributed by atoms with Gasteiger partial charge in [-0.3, -0.25) is 4.79 Å². The number of hydrogen-bond acceptors (Lipinski definition) is 6. The predicted octanol–water partition coefficient (Wildman–Crippen LogP) is -0.551. The van der Waals surface area contributed by atoms with Crippen LogP contribution in [0.15, 0.2) is 12.5 Å². The first-order valence-corrected chi connectivity index (χ1v) is 6.21. The molecule has 2 heterocycles. The van der Waals surface area contributed by atoms with Crippen LogP contribution in [-0.4, -0.2) is 50.8 Å². The standard InChI is InChI=1S/C11H16N4O5/c16-10(12-6-11(17)2-4-20-7-11)1-3-14-5-9(13-8-14)15(18)19/h5,8,17H,1-4,6-7H2,(H,12,16). The second kappa shape index (κ2) is 5.97. The van der Waals surface area contributed by atoms with Crippen LogP contribution < -0.4 is 5.32 Å². The molecule has 9 nitrogen and oxygen atoms in total. The minimum absolute atomic E-state index is 0.149. The quantitative estimate of drug-likeness (QED) is 0.534. The maximum atomic E-state index is 11.6. The van der Waals surface area contributed by atoms with E-state index in [1.165, 1.54) is 17.1 Å². The van der Waals surface area contributed by atoms with Crippen molar-refractivity contribution in [2.45, 2.75) is 25.0 Å². The molecule has 1 aromatic heterocycles. The number of rotatable bonds is 6. The number of carbonyl (C=O) groups is 1. The number of amides is 1. The zero-order valence-electron chi connectivity index (χ0n) is 10.8. The Morgan fingerprint density at radius 2 is 2.50 bits per heavy atom. The Balaban J connectivity index is 1.73. The molecule has 0 aliphatic carbocycles. The van der Waals surface area contributed by atoms with Gasteiger partial charge < -0.3 is 29.8 Å². The van der Waals surface area contributed by atoms with Crippen molar-refractivity contribution in [1.29, 1.82) is 0 Å². The molecule has 1 aromatic rings. The monoisotopic (exact) mass is 284 g/mol. The van der Waals surface area contributed by atoms with Crippen LogP contribution in [0.2, 0.25) is 0 Å². The Morgan fingerprint density at radius 3 is 3.10 bits per heavy atom. The molecule has 2 N–H and O–H groups in total. The highest BCUT2D eigenvalue weighted by Crippen LogP contribution is 2.16. The van der Waals surface area contributed by atoms with E-state index in [9.17, 15) is 20.0 Å². The molecule has 0 radical (unpaired) electrons. The van der Waals surface area contributed by atoms with Crippen LogP contribution >= 0.6 is 0 Å². The van der Waals surface area contributed by atoms with Crippen LogP contribution in [0.1, 0.15) is 12.8 Å². The van der Waals surface area contributed by atoms with Crippen molar-refractivity contribution >= 4 is 11.7 Å². The summed E-state index contributed by atoms with van der Waals surface area (Å²) in [6.07, 6.45) is 3.24. The summed E-state index contributed by atoms with van der Waals surface area (Å²) in [5.41, 5.74) is -0.983. The molecule has 9 heteroatoms. The maximum Gasteiger partial charge on any atom is 0.381 e. The number of ether oxygens (including phenoxy) is 1. The normalized spacial score (nSPS) is 21.9. The molecule has 0 saturated carbocycles. The summed E-state index contributed by atoms with van der Waals surface area (Å²) in [6.45, 7) is 1.16. The number of carbonyl (C=O) groups excluding carboxylic acids is 1.